The van der Waals surface area contributed by atoms with Crippen LogP contribution < -0.4 is 16.4 Å². The molecular weight excluding hydrogens is 402 g/mol. The van der Waals surface area contributed by atoms with Crippen LogP contribution in [0.1, 0.15) is 33.7 Å². The summed E-state index contributed by atoms with van der Waals surface area (Å²) in [5.74, 6) is 1.20. The van der Waals surface area contributed by atoms with Gasteiger partial charge in [0.15, 0.2) is 5.82 Å². The minimum Gasteiger partial charge on any atom is -0.384 e. The number of carbonyl (C=O) groups excluding carboxylic acids is 1. The summed E-state index contributed by atoms with van der Waals surface area (Å²) in [5, 5.41) is 6.54. The lowest BCUT2D eigenvalue weighted by molar-refractivity contribution is 0.0766. The van der Waals surface area contributed by atoms with Crippen LogP contribution in [0.3, 0.4) is 0 Å². The molecule has 2 aromatic carbocycles. The number of fused-ring (bicyclic) bond motifs is 1. The molecule has 5 N–H and O–H groups in total. The first-order valence-electron chi connectivity index (χ1n) is 11.0. The molecule has 3 heterocycles. The van der Waals surface area contributed by atoms with Crippen molar-refractivity contribution in [2.45, 2.75) is 13.3 Å². The second-order valence-electron chi connectivity index (χ2n) is 8.25. The van der Waals surface area contributed by atoms with Crippen molar-refractivity contribution >= 4 is 28.3 Å². The van der Waals surface area contributed by atoms with Gasteiger partial charge in [-0.05, 0) is 55.3 Å². The smallest absolute Gasteiger partial charge is 0.253 e. The number of benzene rings is 2. The third-order valence-electron chi connectivity index (χ3n) is 5.90. The summed E-state index contributed by atoms with van der Waals surface area (Å²) in [6.45, 7) is 5.88. The number of carbonyl (C=O) groups is 1. The fraction of sp³-hybridized carbons (Fsp3) is 0.292. The van der Waals surface area contributed by atoms with Crippen molar-refractivity contribution in [2.75, 3.05) is 32.7 Å². The topological polar surface area (TPSA) is 111 Å². The van der Waals surface area contributed by atoms with Gasteiger partial charge in [0, 0.05) is 25.2 Å². The molecule has 32 heavy (non-hydrogen) atoms. The Morgan fingerprint density at radius 3 is 2.78 bits per heavy atom. The molecule has 1 amide bonds. The van der Waals surface area contributed by atoms with Crippen molar-refractivity contribution < 1.29 is 4.79 Å². The Labute approximate surface area is 186 Å². The van der Waals surface area contributed by atoms with Gasteiger partial charge < -0.3 is 26.3 Å². The van der Waals surface area contributed by atoms with E-state index in [2.05, 4.69) is 26.7 Å². The van der Waals surface area contributed by atoms with Crippen molar-refractivity contribution in [3.8, 4) is 0 Å². The maximum atomic E-state index is 12.8. The first kappa shape index (κ1) is 20.3. The number of imidazole rings is 1. The monoisotopic (exact) mass is 429 g/mol. The van der Waals surface area contributed by atoms with E-state index in [-0.39, 0.29) is 5.91 Å². The minimum atomic E-state index is 0.0753. The lowest BCUT2D eigenvalue weighted by Crippen LogP contribution is -2.34. The summed E-state index contributed by atoms with van der Waals surface area (Å²) in [7, 11) is 0. The van der Waals surface area contributed by atoms with Gasteiger partial charge in [0.05, 0.1) is 23.3 Å². The van der Waals surface area contributed by atoms with E-state index in [1.807, 2.05) is 48.2 Å². The molecule has 0 unspecified atom stereocenters. The van der Waals surface area contributed by atoms with Crippen molar-refractivity contribution in [1.82, 2.24) is 25.5 Å². The number of hydrogen-bond acceptors (Lipinski definition) is 6. The molecule has 2 aliphatic rings. The Balaban J connectivity index is 1.40. The molecule has 5 rings (SSSR count). The van der Waals surface area contributed by atoms with E-state index in [1.54, 1.807) is 0 Å². The van der Waals surface area contributed by atoms with Crippen molar-refractivity contribution in [1.29, 1.82) is 0 Å². The van der Waals surface area contributed by atoms with Gasteiger partial charge in [-0.1, -0.05) is 18.2 Å². The van der Waals surface area contributed by atoms with Crippen molar-refractivity contribution in [3.05, 3.63) is 70.8 Å². The fourth-order valence-electron chi connectivity index (χ4n) is 4.12. The van der Waals surface area contributed by atoms with E-state index in [0.29, 0.717) is 29.5 Å². The Morgan fingerprint density at radius 2 is 1.94 bits per heavy atom. The number of nitrogens with two attached hydrogens (primary N) is 1. The number of aromatic amines is 1. The van der Waals surface area contributed by atoms with Crippen LogP contribution in [0.5, 0.6) is 0 Å². The standard InChI is InChI=1S/C24H27N7O/c1-15-3-8-18-19(13-15)30-23(29-18)21-22(25)27-14-20(28-21)16-4-6-17(7-5-16)24(32)31-11-2-9-26-10-12-31/h3-8,13,26-27H,2,9-12,14,25H2,1H3,(H,29,30). The Kier molecular flexibility index (Phi) is 5.36. The molecule has 1 aromatic heterocycles. The molecule has 1 fully saturated rings. The number of nitrogens with one attached hydrogen (secondary N) is 3. The summed E-state index contributed by atoms with van der Waals surface area (Å²) in [5.41, 5.74) is 12.3. The van der Waals surface area contributed by atoms with Gasteiger partial charge >= 0.3 is 0 Å². The fourth-order valence-corrected chi connectivity index (χ4v) is 4.12. The Bertz CT molecular complexity index is 1210. The molecular formula is C24H27N7O. The zero-order valence-corrected chi connectivity index (χ0v) is 18.1. The van der Waals surface area contributed by atoms with Gasteiger partial charge in [-0.2, -0.15) is 0 Å². The summed E-state index contributed by atoms with van der Waals surface area (Å²) in [4.78, 5) is 27.6. The van der Waals surface area contributed by atoms with Crippen molar-refractivity contribution in [3.63, 3.8) is 0 Å². The van der Waals surface area contributed by atoms with E-state index in [4.69, 9.17) is 10.7 Å². The number of amides is 1. The van der Waals surface area contributed by atoms with Gasteiger partial charge in [-0.3, -0.25) is 4.79 Å². The first-order chi connectivity index (χ1) is 15.6. The highest BCUT2D eigenvalue weighted by molar-refractivity contribution is 6.06. The molecule has 0 bridgehead atoms. The molecule has 0 radical (unpaired) electrons. The molecule has 1 saturated heterocycles. The second-order valence-corrected chi connectivity index (χ2v) is 8.25. The van der Waals surface area contributed by atoms with E-state index in [0.717, 1.165) is 60.5 Å². The third-order valence-corrected chi connectivity index (χ3v) is 5.90. The zero-order chi connectivity index (χ0) is 22.1. The number of aromatic nitrogens is 2. The molecule has 0 spiro atoms. The maximum absolute atomic E-state index is 12.8. The molecule has 2 aliphatic heterocycles. The van der Waals surface area contributed by atoms with Crippen LogP contribution >= 0.6 is 0 Å². The molecule has 8 heteroatoms. The summed E-state index contributed by atoms with van der Waals surface area (Å²) < 4.78 is 0. The lowest BCUT2D eigenvalue weighted by atomic mass is 10.1. The number of aliphatic imine (C=N–C) groups is 1. The maximum Gasteiger partial charge on any atom is 0.253 e. The SMILES string of the molecule is Cc1ccc2nc(C3=C(N)NCC(c4ccc(C(=O)N5CCCNCC5)cc4)=N3)[nH]c2c1. The number of rotatable bonds is 3. The van der Waals surface area contributed by atoms with Crippen molar-refractivity contribution in [2.24, 2.45) is 10.7 Å². The lowest BCUT2D eigenvalue weighted by Gasteiger charge is -2.20. The van der Waals surface area contributed by atoms with Crippen LogP contribution in [0.4, 0.5) is 0 Å². The van der Waals surface area contributed by atoms with E-state index in [1.165, 1.54) is 0 Å². The van der Waals surface area contributed by atoms with Crippen LogP contribution in [-0.2, 0) is 0 Å². The predicted molar refractivity (Wildman–Crippen MR) is 126 cm³/mol. The normalized spacial score (nSPS) is 17.2. The first-order valence-corrected chi connectivity index (χ1v) is 11.0. The van der Waals surface area contributed by atoms with Crippen LogP contribution in [0, 0.1) is 6.92 Å². The quantitative estimate of drug-likeness (QED) is 0.509. The van der Waals surface area contributed by atoms with Gasteiger partial charge in [0.25, 0.3) is 5.91 Å². The number of nitrogens with zero attached hydrogens (tertiary/aromatic N) is 3. The second kappa shape index (κ2) is 8.47. The van der Waals surface area contributed by atoms with Crippen LogP contribution in [0.2, 0.25) is 0 Å². The van der Waals surface area contributed by atoms with Crippen LogP contribution in [-0.4, -0.2) is 59.2 Å². The predicted octanol–water partition coefficient (Wildman–Crippen LogP) is 1.98. The largest absolute Gasteiger partial charge is 0.384 e. The number of aryl methyl sites for hydroxylation is 1. The summed E-state index contributed by atoms with van der Waals surface area (Å²) in [6.07, 6.45) is 0.976. The van der Waals surface area contributed by atoms with Crippen LogP contribution in [0.15, 0.2) is 53.3 Å². The average molecular weight is 430 g/mol. The molecule has 3 aromatic rings. The summed E-state index contributed by atoms with van der Waals surface area (Å²) >= 11 is 0. The van der Waals surface area contributed by atoms with Gasteiger partial charge in [-0.25, -0.2) is 9.98 Å². The highest BCUT2D eigenvalue weighted by Gasteiger charge is 2.20. The Hall–Kier alpha value is -3.65. The van der Waals surface area contributed by atoms with E-state index < -0.39 is 0 Å². The summed E-state index contributed by atoms with van der Waals surface area (Å²) in [6, 6.07) is 13.7. The highest BCUT2D eigenvalue weighted by Crippen LogP contribution is 2.23. The number of H-pyrrole nitrogens is 1. The third kappa shape index (κ3) is 3.97. The Morgan fingerprint density at radius 1 is 1.09 bits per heavy atom. The molecule has 0 aliphatic carbocycles. The average Bonchev–Trinajstić information content (AvgIpc) is 3.03. The molecule has 8 nitrogen and oxygen atoms in total. The van der Waals surface area contributed by atoms with Crippen LogP contribution in [0.25, 0.3) is 16.7 Å². The van der Waals surface area contributed by atoms with Gasteiger partial charge in [0.1, 0.15) is 11.5 Å². The highest BCUT2D eigenvalue weighted by atomic mass is 16.2. The van der Waals surface area contributed by atoms with Gasteiger partial charge in [-0.15, -0.1) is 0 Å². The molecule has 0 atom stereocenters. The number of hydrogen-bond donors (Lipinski definition) is 4. The zero-order valence-electron chi connectivity index (χ0n) is 18.1. The van der Waals surface area contributed by atoms with E-state index >= 15 is 0 Å². The minimum absolute atomic E-state index is 0.0753. The van der Waals surface area contributed by atoms with Gasteiger partial charge in [0.2, 0.25) is 0 Å². The molecule has 0 saturated carbocycles. The van der Waals surface area contributed by atoms with E-state index in [9.17, 15) is 4.79 Å². The molecule has 164 valence electrons.